The van der Waals surface area contributed by atoms with E-state index < -0.39 is 0 Å². The normalized spacial score (nSPS) is 10.2. The Morgan fingerprint density at radius 1 is 1.14 bits per heavy atom. The standard InChI is InChI=1S/C19H19ClN6O2/c1-22-18(27)12-5-3-4-6-14(12)24-17-13(20)10-23-19(26-17)25-15-8-7-11(21)9-16(15)28-2/h3-10H,21H2,1-2H3,(H,22,27)(H2,23,24,25,26). The monoisotopic (exact) mass is 398 g/mol. The largest absolute Gasteiger partial charge is 0.494 e. The van der Waals surface area contributed by atoms with Crippen LogP contribution in [0.3, 0.4) is 0 Å². The molecule has 8 nitrogen and oxygen atoms in total. The number of hydrogen-bond acceptors (Lipinski definition) is 7. The van der Waals surface area contributed by atoms with Crippen molar-refractivity contribution in [2.75, 3.05) is 30.5 Å². The summed E-state index contributed by atoms with van der Waals surface area (Å²) in [7, 11) is 3.12. The SMILES string of the molecule is CNC(=O)c1ccccc1Nc1nc(Nc2ccc(N)cc2OC)ncc1Cl. The topological polar surface area (TPSA) is 114 Å². The van der Waals surface area contributed by atoms with Crippen molar-refractivity contribution >= 4 is 46.3 Å². The minimum absolute atomic E-state index is 0.224. The number of carbonyl (C=O) groups excluding carboxylic acids is 1. The summed E-state index contributed by atoms with van der Waals surface area (Å²) in [4.78, 5) is 20.7. The molecule has 0 aliphatic rings. The Kier molecular flexibility index (Phi) is 5.81. The Labute approximate surface area is 167 Å². The first-order valence-electron chi connectivity index (χ1n) is 8.33. The predicted octanol–water partition coefficient (Wildman–Crippen LogP) is 3.57. The van der Waals surface area contributed by atoms with Gasteiger partial charge in [0.05, 0.1) is 30.2 Å². The number of amides is 1. The van der Waals surface area contributed by atoms with Crippen LogP contribution in [0.15, 0.2) is 48.7 Å². The highest BCUT2D eigenvalue weighted by atomic mass is 35.5. The van der Waals surface area contributed by atoms with E-state index in [0.29, 0.717) is 45.2 Å². The number of nitrogens with zero attached hydrogens (tertiary/aromatic N) is 2. The van der Waals surface area contributed by atoms with Crippen LogP contribution in [0, 0.1) is 0 Å². The van der Waals surface area contributed by atoms with Gasteiger partial charge in [-0.3, -0.25) is 4.79 Å². The van der Waals surface area contributed by atoms with Gasteiger partial charge in [-0.25, -0.2) is 4.98 Å². The van der Waals surface area contributed by atoms with Crippen molar-refractivity contribution in [1.82, 2.24) is 15.3 Å². The Balaban J connectivity index is 1.90. The summed E-state index contributed by atoms with van der Waals surface area (Å²) < 4.78 is 5.32. The molecule has 28 heavy (non-hydrogen) atoms. The fourth-order valence-corrected chi connectivity index (χ4v) is 2.64. The molecule has 5 N–H and O–H groups in total. The number of rotatable bonds is 6. The zero-order valence-electron chi connectivity index (χ0n) is 15.3. The maximum atomic E-state index is 12.1. The molecule has 0 radical (unpaired) electrons. The fraction of sp³-hybridized carbons (Fsp3) is 0.105. The molecule has 0 aliphatic heterocycles. The van der Waals surface area contributed by atoms with E-state index in [4.69, 9.17) is 22.1 Å². The smallest absolute Gasteiger partial charge is 0.253 e. The molecule has 0 fully saturated rings. The number of ether oxygens (including phenoxy) is 1. The second kappa shape index (κ2) is 8.45. The summed E-state index contributed by atoms with van der Waals surface area (Å²) >= 11 is 6.24. The highest BCUT2D eigenvalue weighted by molar-refractivity contribution is 6.33. The van der Waals surface area contributed by atoms with Crippen molar-refractivity contribution < 1.29 is 9.53 Å². The van der Waals surface area contributed by atoms with Gasteiger partial charge in [-0.05, 0) is 24.3 Å². The number of para-hydroxylation sites is 1. The van der Waals surface area contributed by atoms with E-state index in [9.17, 15) is 4.79 Å². The van der Waals surface area contributed by atoms with Gasteiger partial charge >= 0.3 is 0 Å². The minimum Gasteiger partial charge on any atom is -0.494 e. The molecule has 1 aromatic heterocycles. The van der Waals surface area contributed by atoms with Gasteiger partial charge in [-0.15, -0.1) is 0 Å². The summed E-state index contributed by atoms with van der Waals surface area (Å²) in [6, 6.07) is 12.2. The number of benzene rings is 2. The summed E-state index contributed by atoms with van der Waals surface area (Å²) in [5, 5.41) is 9.07. The molecule has 9 heteroatoms. The van der Waals surface area contributed by atoms with Gasteiger partial charge in [0.15, 0.2) is 5.82 Å². The van der Waals surface area contributed by atoms with Crippen LogP contribution in [0.4, 0.5) is 28.8 Å². The molecule has 2 aromatic carbocycles. The first kappa shape index (κ1) is 19.2. The summed E-state index contributed by atoms with van der Waals surface area (Å²) in [6.07, 6.45) is 1.46. The number of methoxy groups -OCH3 is 1. The fourth-order valence-electron chi connectivity index (χ4n) is 2.50. The molecule has 0 aliphatic carbocycles. The number of aromatic nitrogens is 2. The average molecular weight is 399 g/mol. The molecule has 0 saturated carbocycles. The number of nitrogens with one attached hydrogen (secondary N) is 3. The van der Waals surface area contributed by atoms with Crippen molar-refractivity contribution in [3.8, 4) is 5.75 Å². The van der Waals surface area contributed by atoms with Crippen LogP contribution in [0.1, 0.15) is 10.4 Å². The van der Waals surface area contributed by atoms with Crippen LogP contribution >= 0.6 is 11.6 Å². The highest BCUT2D eigenvalue weighted by Gasteiger charge is 2.13. The highest BCUT2D eigenvalue weighted by Crippen LogP contribution is 2.30. The molecule has 1 amide bonds. The van der Waals surface area contributed by atoms with Crippen LogP contribution in [-0.4, -0.2) is 30.0 Å². The van der Waals surface area contributed by atoms with Crippen molar-refractivity contribution in [3.05, 3.63) is 59.2 Å². The second-order valence-corrected chi connectivity index (χ2v) is 6.13. The zero-order chi connectivity index (χ0) is 20.1. The molecule has 0 unspecified atom stereocenters. The van der Waals surface area contributed by atoms with Crippen molar-refractivity contribution in [3.63, 3.8) is 0 Å². The molecule has 0 atom stereocenters. The maximum Gasteiger partial charge on any atom is 0.253 e. The van der Waals surface area contributed by atoms with E-state index >= 15 is 0 Å². The number of nitrogens with two attached hydrogens (primary N) is 1. The second-order valence-electron chi connectivity index (χ2n) is 5.72. The van der Waals surface area contributed by atoms with Crippen molar-refractivity contribution in [2.24, 2.45) is 0 Å². The molecule has 3 aromatic rings. The van der Waals surface area contributed by atoms with E-state index in [2.05, 4.69) is 25.9 Å². The third-order valence-electron chi connectivity index (χ3n) is 3.87. The third kappa shape index (κ3) is 4.24. The Morgan fingerprint density at radius 3 is 2.68 bits per heavy atom. The Morgan fingerprint density at radius 2 is 1.93 bits per heavy atom. The summed E-state index contributed by atoms with van der Waals surface area (Å²) in [5.74, 6) is 0.980. The van der Waals surface area contributed by atoms with Crippen LogP contribution in [-0.2, 0) is 0 Å². The lowest BCUT2D eigenvalue weighted by Gasteiger charge is -2.14. The molecular formula is C19H19ClN6O2. The zero-order valence-corrected chi connectivity index (χ0v) is 16.0. The molecule has 0 bridgehead atoms. The summed E-state index contributed by atoms with van der Waals surface area (Å²) in [6.45, 7) is 0. The van der Waals surface area contributed by atoms with Crippen molar-refractivity contribution in [2.45, 2.75) is 0 Å². The molecule has 144 valence electrons. The molecule has 1 heterocycles. The Bertz CT molecular complexity index is 1010. The molecule has 3 rings (SSSR count). The van der Waals surface area contributed by atoms with E-state index in [0.717, 1.165) is 0 Å². The number of hydrogen-bond donors (Lipinski definition) is 4. The third-order valence-corrected chi connectivity index (χ3v) is 4.14. The summed E-state index contributed by atoms with van der Waals surface area (Å²) in [5.41, 5.74) is 8.04. The van der Waals surface area contributed by atoms with Crippen LogP contribution in [0.5, 0.6) is 5.75 Å². The van der Waals surface area contributed by atoms with Gasteiger partial charge in [0.25, 0.3) is 5.91 Å². The minimum atomic E-state index is -0.224. The van der Waals surface area contributed by atoms with Crippen LogP contribution in [0.2, 0.25) is 5.02 Å². The molecular weight excluding hydrogens is 380 g/mol. The first-order valence-corrected chi connectivity index (χ1v) is 8.71. The Hall–Kier alpha value is -3.52. The number of carbonyl (C=O) groups is 1. The lowest BCUT2D eigenvalue weighted by atomic mass is 10.1. The van der Waals surface area contributed by atoms with Gasteiger partial charge in [-0.2, -0.15) is 4.98 Å². The van der Waals surface area contributed by atoms with Gasteiger partial charge in [-0.1, -0.05) is 23.7 Å². The quantitative estimate of drug-likeness (QED) is 0.469. The van der Waals surface area contributed by atoms with E-state index in [-0.39, 0.29) is 5.91 Å². The van der Waals surface area contributed by atoms with E-state index in [1.165, 1.54) is 6.20 Å². The van der Waals surface area contributed by atoms with Crippen molar-refractivity contribution in [1.29, 1.82) is 0 Å². The van der Waals surface area contributed by atoms with Crippen LogP contribution in [0.25, 0.3) is 0 Å². The molecule has 0 spiro atoms. The number of anilines is 5. The van der Waals surface area contributed by atoms with E-state index in [1.807, 2.05) is 6.07 Å². The van der Waals surface area contributed by atoms with E-state index in [1.54, 1.807) is 50.6 Å². The number of nitrogen functional groups attached to an aromatic ring is 1. The van der Waals surface area contributed by atoms with Gasteiger partial charge in [0.2, 0.25) is 5.95 Å². The van der Waals surface area contributed by atoms with Gasteiger partial charge < -0.3 is 26.4 Å². The van der Waals surface area contributed by atoms with Gasteiger partial charge in [0.1, 0.15) is 10.8 Å². The average Bonchev–Trinajstić information content (AvgIpc) is 2.71. The molecule has 0 saturated heterocycles. The predicted molar refractivity (Wildman–Crippen MR) is 111 cm³/mol. The maximum absolute atomic E-state index is 12.1. The van der Waals surface area contributed by atoms with Gasteiger partial charge in [0, 0.05) is 18.8 Å². The lowest BCUT2D eigenvalue weighted by molar-refractivity contribution is 0.0964. The number of halogens is 1. The van der Waals surface area contributed by atoms with Crippen LogP contribution < -0.4 is 26.4 Å². The first-order chi connectivity index (χ1) is 13.5. The lowest BCUT2D eigenvalue weighted by Crippen LogP contribution is -2.19.